The molecule has 0 bridgehead atoms. The number of hydrogen-bond acceptors (Lipinski definition) is 3. The minimum absolute atomic E-state index is 0.0363. The molecule has 23 heavy (non-hydrogen) atoms. The highest BCUT2D eigenvalue weighted by atomic mass is 32.2. The van der Waals surface area contributed by atoms with E-state index in [9.17, 15) is 0 Å². The summed E-state index contributed by atoms with van der Waals surface area (Å²) in [6.07, 6.45) is 0. The Morgan fingerprint density at radius 2 is 1.78 bits per heavy atom. The summed E-state index contributed by atoms with van der Waals surface area (Å²) in [5, 5.41) is 0. The monoisotopic (exact) mass is 325 g/mol. The van der Waals surface area contributed by atoms with Gasteiger partial charge in [0.2, 0.25) is 0 Å². The van der Waals surface area contributed by atoms with Crippen molar-refractivity contribution < 1.29 is 0 Å². The predicted molar refractivity (Wildman–Crippen MR) is 99.0 cm³/mol. The van der Waals surface area contributed by atoms with Gasteiger partial charge in [-0.15, -0.1) is 11.8 Å². The lowest BCUT2D eigenvalue weighted by Gasteiger charge is -2.17. The lowest BCUT2D eigenvalue weighted by atomic mass is 9.92. The quantitative estimate of drug-likeness (QED) is 0.632. The van der Waals surface area contributed by atoms with Crippen molar-refractivity contribution in [3.63, 3.8) is 0 Å². The first kappa shape index (κ1) is 16.1. The number of imidazole rings is 1. The van der Waals surface area contributed by atoms with Crippen molar-refractivity contribution in [1.82, 2.24) is 14.5 Å². The molecule has 0 unspecified atom stereocenters. The zero-order valence-corrected chi connectivity index (χ0v) is 15.2. The molecule has 2 heterocycles. The van der Waals surface area contributed by atoms with E-state index in [0.29, 0.717) is 0 Å². The average molecular weight is 325 g/mol. The van der Waals surface area contributed by atoms with E-state index in [1.807, 2.05) is 11.8 Å². The summed E-state index contributed by atoms with van der Waals surface area (Å²) in [5.74, 6) is 2.03. The van der Waals surface area contributed by atoms with Gasteiger partial charge < -0.3 is 4.57 Å². The maximum atomic E-state index is 4.86. The molecule has 3 rings (SSSR count). The van der Waals surface area contributed by atoms with E-state index in [1.54, 1.807) is 0 Å². The molecule has 0 aliphatic carbocycles. The van der Waals surface area contributed by atoms with Gasteiger partial charge in [0.1, 0.15) is 11.3 Å². The van der Waals surface area contributed by atoms with Crippen LogP contribution in [0, 0.1) is 0 Å². The molecule has 3 aromatic rings. The fraction of sp³-hybridized carbons (Fsp3) is 0.368. The number of aryl methyl sites for hydroxylation is 1. The lowest BCUT2D eigenvalue weighted by molar-refractivity contribution is 0.570. The number of rotatable bonds is 3. The van der Waals surface area contributed by atoms with Gasteiger partial charge in [-0.1, -0.05) is 45.9 Å². The Balaban J connectivity index is 2.19. The largest absolute Gasteiger partial charge is 0.312 e. The molecule has 0 aliphatic heterocycles. The molecule has 0 N–H and O–H groups in total. The van der Waals surface area contributed by atoms with Crippen LogP contribution in [0.3, 0.4) is 0 Å². The highest BCUT2D eigenvalue weighted by Crippen LogP contribution is 2.32. The van der Waals surface area contributed by atoms with Gasteiger partial charge in [0, 0.05) is 28.6 Å². The zero-order chi connectivity index (χ0) is 16.6. The number of aromatic nitrogens is 3. The SMILES string of the molecule is CCSc1ccccc1-c1nc2ccc(C(C)(C)C)nc2n1C. The Hall–Kier alpha value is -1.81. The van der Waals surface area contributed by atoms with Gasteiger partial charge in [0.15, 0.2) is 5.65 Å². The summed E-state index contributed by atoms with van der Waals surface area (Å²) < 4.78 is 2.11. The van der Waals surface area contributed by atoms with Gasteiger partial charge in [-0.3, -0.25) is 0 Å². The molecule has 0 saturated carbocycles. The Kier molecular flexibility index (Phi) is 4.19. The van der Waals surface area contributed by atoms with E-state index in [1.165, 1.54) is 10.5 Å². The third kappa shape index (κ3) is 3.00. The van der Waals surface area contributed by atoms with Gasteiger partial charge >= 0.3 is 0 Å². The van der Waals surface area contributed by atoms with Crippen LogP contribution in [0.25, 0.3) is 22.6 Å². The van der Waals surface area contributed by atoms with Crippen molar-refractivity contribution in [2.24, 2.45) is 7.05 Å². The Morgan fingerprint density at radius 1 is 1.04 bits per heavy atom. The first-order chi connectivity index (χ1) is 10.9. The van der Waals surface area contributed by atoms with Crippen LogP contribution in [-0.2, 0) is 12.5 Å². The van der Waals surface area contributed by atoms with E-state index in [2.05, 4.69) is 75.7 Å². The van der Waals surface area contributed by atoms with Crippen LogP contribution in [0.1, 0.15) is 33.4 Å². The van der Waals surface area contributed by atoms with Crippen molar-refractivity contribution in [3.8, 4) is 11.4 Å². The number of hydrogen-bond donors (Lipinski definition) is 0. The maximum Gasteiger partial charge on any atom is 0.160 e. The predicted octanol–water partition coefficient (Wildman–Crippen LogP) is 5.04. The maximum absolute atomic E-state index is 4.86. The molecule has 0 atom stereocenters. The second-order valence-electron chi connectivity index (χ2n) is 6.71. The van der Waals surface area contributed by atoms with Crippen LogP contribution < -0.4 is 0 Å². The molecule has 0 spiro atoms. The fourth-order valence-electron chi connectivity index (χ4n) is 2.66. The van der Waals surface area contributed by atoms with Crippen molar-refractivity contribution >= 4 is 22.9 Å². The number of nitrogens with zero attached hydrogens (tertiary/aromatic N) is 3. The van der Waals surface area contributed by atoms with Crippen LogP contribution in [0.4, 0.5) is 0 Å². The summed E-state index contributed by atoms with van der Waals surface area (Å²) in [6.45, 7) is 8.73. The van der Waals surface area contributed by atoms with Gasteiger partial charge in [-0.2, -0.15) is 0 Å². The Bertz CT molecular complexity index is 843. The van der Waals surface area contributed by atoms with Gasteiger partial charge in [-0.05, 0) is 24.0 Å². The topological polar surface area (TPSA) is 30.7 Å². The van der Waals surface area contributed by atoms with Crippen molar-refractivity contribution in [2.75, 3.05) is 5.75 Å². The van der Waals surface area contributed by atoms with Crippen LogP contribution >= 0.6 is 11.8 Å². The molecule has 0 saturated heterocycles. The summed E-state index contributed by atoms with van der Waals surface area (Å²) >= 11 is 1.85. The first-order valence-electron chi connectivity index (χ1n) is 7.98. The molecule has 0 fully saturated rings. The molecule has 0 radical (unpaired) electrons. The number of benzene rings is 1. The Morgan fingerprint density at radius 3 is 2.48 bits per heavy atom. The molecule has 0 aliphatic rings. The smallest absolute Gasteiger partial charge is 0.160 e. The molecule has 1 aromatic carbocycles. The number of pyridine rings is 1. The van der Waals surface area contributed by atoms with Gasteiger partial charge in [0.25, 0.3) is 0 Å². The summed E-state index contributed by atoms with van der Waals surface area (Å²) in [4.78, 5) is 11.0. The second kappa shape index (κ2) is 6.00. The number of thioether (sulfide) groups is 1. The van der Waals surface area contributed by atoms with Crippen LogP contribution in [0.2, 0.25) is 0 Å². The van der Waals surface area contributed by atoms with E-state index in [0.717, 1.165) is 28.4 Å². The summed E-state index contributed by atoms with van der Waals surface area (Å²) in [5.41, 5.74) is 4.21. The average Bonchev–Trinajstić information content (AvgIpc) is 2.84. The summed E-state index contributed by atoms with van der Waals surface area (Å²) in [7, 11) is 2.05. The van der Waals surface area contributed by atoms with E-state index in [-0.39, 0.29) is 5.41 Å². The molecule has 0 amide bonds. The fourth-order valence-corrected chi connectivity index (χ4v) is 3.46. The van der Waals surface area contributed by atoms with Crippen molar-refractivity contribution in [2.45, 2.75) is 38.0 Å². The van der Waals surface area contributed by atoms with Crippen molar-refractivity contribution in [3.05, 3.63) is 42.1 Å². The van der Waals surface area contributed by atoms with E-state index in [4.69, 9.17) is 9.97 Å². The minimum Gasteiger partial charge on any atom is -0.312 e. The third-order valence-corrected chi connectivity index (χ3v) is 4.87. The molecule has 4 heteroatoms. The normalized spacial score (nSPS) is 12.0. The second-order valence-corrected chi connectivity index (χ2v) is 8.02. The molecular weight excluding hydrogens is 302 g/mol. The first-order valence-corrected chi connectivity index (χ1v) is 8.96. The number of fused-ring (bicyclic) bond motifs is 1. The lowest BCUT2D eigenvalue weighted by Crippen LogP contribution is -2.13. The molecular formula is C19H23N3S. The highest BCUT2D eigenvalue weighted by molar-refractivity contribution is 7.99. The minimum atomic E-state index is 0.0363. The Labute approximate surface area is 142 Å². The van der Waals surface area contributed by atoms with Gasteiger partial charge in [0.05, 0.1) is 0 Å². The zero-order valence-electron chi connectivity index (χ0n) is 14.4. The van der Waals surface area contributed by atoms with Gasteiger partial charge in [-0.25, -0.2) is 9.97 Å². The highest BCUT2D eigenvalue weighted by Gasteiger charge is 2.19. The van der Waals surface area contributed by atoms with Crippen LogP contribution in [0.15, 0.2) is 41.3 Å². The van der Waals surface area contributed by atoms with Crippen molar-refractivity contribution in [1.29, 1.82) is 0 Å². The molecule has 2 aromatic heterocycles. The summed E-state index contributed by atoms with van der Waals surface area (Å²) in [6, 6.07) is 12.6. The van der Waals surface area contributed by atoms with E-state index < -0.39 is 0 Å². The standard InChI is InChI=1S/C19H23N3S/c1-6-23-15-10-8-7-9-13(15)17-20-14-11-12-16(19(2,3)4)21-18(14)22(17)5/h7-12H,6H2,1-5H3. The van der Waals surface area contributed by atoms with Crippen LogP contribution in [0.5, 0.6) is 0 Å². The van der Waals surface area contributed by atoms with E-state index >= 15 is 0 Å². The third-order valence-electron chi connectivity index (χ3n) is 3.91. The van der Waals surface area contributed by atoms with Crippen LogP contribution in [-0.4, -0.2) is 20.3 Å². The molecule has 120 valence electrons. The molecule has 3 nitrogen and oxygen atoms in total.